The third kappa shape index (κ3) is 2.29. The Morgan fingerprint density at radius 2 is 1.69 bits per heavy atom. The second-order valence-electron chi connectivity index (χ2n) is 4.89. The maximum atomic E-state index is 10.4. The Balaban J connectivity index is 2.13. The maximum Gasteiger partial charge on any atom is 0.235 e. The fourth-order valence-corrected chi connectivity index (χ4v) is 3.30. The average Bonchev–Trinajstić information content (AvgIpc) is 2.58. The molecule has 3 aliphatic rings. The van der Waals surface area contributed by atoms with Crippen molar-refractivity contribution in [1.82, 2.24) is 0 Å². The van der Waals surface area contributed by atoms with Gasteiger partial charge in [0, 0.05) is 0 Å². The van der Waals surface area contributed by atoms with E-state index in [1.54, 1.807) is 12.2 Å². The molecule has 4 heteroatoms. The highest BCUT2D eigenvalue weighted by Gasteiger charge is 2.37. The normalized spacial score (nSPS) is 37.0. The fraction of sp³-hybridized carbons (Fsp3) is 0.833. The van der Waals surface area contributed by atoms with Gasteiger partial charge >= 0.3 is 0 Å². The van der Waals surface area contributed by atoms with E-state index in [9.17, 15) is 9.59 Å². The van der Waals surface area contributed by atoms with E-state index in [0.29, 0.717) is 24.3 Å². The summed E-state index contributed by atoms with van der Waals surface area (Å²) in [5.74, 6) is 1.60. The minimum Gasteiger partial charge on any atom is -0.211 e. The van der Waals surface area contributed by atoms with Crippen molar-refractivity contribution in [3.8, 4) is 0 Å². The lowest BCUT2D eigenvalue weighted by Gasteiger charge is -2.26. The van der Waals surface area contributed by atoms with Crippen molar-refractivity contribution in [2.75, 3.05) is 6.54 Å². The second kappa shape index (κ2) is 5.20. The smallest absolute Gasteiger partial charge is 0.211 e. The maximum absolute atomic E-state index is 10.4. The Bertz CT molecular complexity index is 335. The molecule has 0 aromatic rings. The summed E-state index contributed by atoms with van der Waals surface area (Å²) in [6, 6.07) is 0.108. The molecule has 2 atom stereocenters. The summed E-state index contributed by atoms with van der Waals surface area (Å²) in [6.07, 6.45) is 8.87. The molecule has 0 N–H and O–H groups in total. The Morgan fingerprint density at radius 1 is 1.00 bits per heavy atom. The lowest BCUT2D eigenvalue weighted by Crippen LogP contribution is -2.18. The summed E-state index contributed by atoms with van der Waals surface area (Å²) in [5, 5.41) is 0. The number of carbonyl (C=O) groups excluding carboxylic acids is 2. The van der Waals surface area contributed by atoms with E-state index in [1.807, 2.05) is 0 Å². The first kappa shape index (κ1) is 11.3. The van der Waals surface area contributed by atoms with Crippen molar-refractivity contribution in [2.24, 2.45) is 27.7 Å². The fourth-order valence-electron chi connectivity index (χ4n) is 3.30. The van der Waals surface area contributed by atoms with Crippen molar-refractivity contribution in [3.63, 3.8) is 0 Å². The molecule has 0 amide bonds. The Labute approximate surface area is 94.9 Å². The molecule has 3 aliphatic carbocycles. The molecule has 2 unspecified atom stereocenters. The third-order valence-corrected chi connectivity index (χ3v) is 4.18. The highest BCUT2D eigenvalue weighted by Crippen LogP contribution is 2.43. The molecule has 0 aliphatic heterocycles. The summed E-state index contributed by atoms with van der Waals surface area (Å²) in [6.45, 7) is 0.547. The summed E-state index contributed by atoms with van der Waals surface area (Å²) < 4.78 is 0. The molecule has 4 nitrogen and oxygen atoms in total. The predicted molar refractivity (Wildman–Crippen MR) is 58.5 cm³/mol. The molecule has 86 valence electrons. The number of nitrogens with zero attached hydrogens (tertiary/aromatic N) is 2. The van der Waals surface area contributed by atoms with Crippen molar-refractivity contribution >= 4 is 12.2 Å². The molecule has 2 bridgehead atoms. The minimum absolute atomic E-state index is 0.108. The van der Waals surface area contributed by atoms with Gasteiger partial charge in [0.05, 0.1) is 12.6 Å². The van der Waals surface area contributed by atoms with Crippen LogP contribution in [0.4, 0.5) is 0 Å². The van der Waals surface area contributed by atoms with E-state index in [4.69, 9.17) is 0 Å². The first-order valence-electron chi connectivity index (χ1n) is 5.95. The molecule has 3 saturated carbocycles. The number of hydrogen-bond donors (Lipinski definition) is 0. The highest BCUT2D eigenvalue weighted by molar-refractivity contribution is 5.34. The Kier molecular flexibility index (Phi) is 3.66. The molecule has 0 aromatic heterocycles. The SMILES string of the molecule is O=C=NCC1CC(N=C=O)C2CCC1CC2. The van der Waals surface area contributed by atoms with Crippen LogP contribution < -0.4 is 0 Å². The summed E-state index contributed by atoms with van der Waals surface area (Å²) in [5.41, 5.74) is 0. The molecule has 3 rings (SSSR count). The number of aliphatic imine (C=N–C) groups is 2. The van der Waals surface area contributed by atoms with Crippen LogP contribution in [0.25, 0.3) is 0 Å². The summed E-state index contributed by atoms with van der Waals surface area (Å²) >= 11 is 0. The zero-order valence-corrected chi connectivity index (χ0v) is 9.26. The molecule has 0 heterocycles. The van der Waals surface area contributed by atoms with E-state index in [0.717, 1.165) is 19.3 Å². The van der Waals surface area contributed by atoms with Crippen LogP contribution in [0.3, 0.4) is 0 Å². The molecule has 3 fully saturated rings. The van der Waals surface area contributed by atoms with Gasteiger partial charge in [0.25, 0.3) is 0 Å². The summed E-state index contributed by atoms with van der Waals surface area (Å²) in [4.78, 5) is 28.2. The lowest BCUT2D eigenvalue weighted by molar-refractivity contribution is 0.258. The van der Waals surface area contributed by atoms with Gasteiger partial charge in [0.1, 0.15) is 0 Å². The van der Waals surface area contributed by atoms with Crippen LogP contribution in [-0.2, 0) is 9.59 Å². The van der Waals surface area contributed by atoms with Crippen LogP contribution in [0, 0.1) is 17.8 Å². The van der Waals surface area contributed by atoms with Crippen molar-refractivity contribution in [3.05, 3.63) is 0 Å². The van der Waals surface area contributed by atoms with Crippen LogP contribution in [0.15, 0.2) is 9.98 Å². The molecular weight excluding hydrogens is 204 g/mol. The van der Waals surface area contributed by atoms with Crippen molar-refractivity contribution in [1.29, 1.82) is 0 Å². The van der Waals surface area contributed by atoms with Gasteiger partial charge in [-0.15, -0.1) is 0 Å². The first-order valence-corrected chi connectivity index (χ1v) is 5.95. The number of isocyanates is 2. The van der Waals surface area contributed by atoms with E-state index in [1.165, 1.54) is 12.8 Å². The number of hydrogen-bond acceptors (Lipinski definition) is 4. The van der Waals surface area contributed by atoms with Gasteiger partial charge in [0.15, 0.2) is 0 Å². The Hall–Kier alpha value is -1.24. The minimum atomic E-state index is 0.108. The Morgan fingerprint density at radius 3 is 2.31 bits per heavy atom. The molecule has 0 spiro atoms. The molecule has 0 aromatic carbocycles. The van der Waals surface area contributed by atoms with Crippen LogP contribution in [0.2, 0.25) is 0 Å². The zero-order valence-electron chi connectivity index (χ0n) is 9.26. The summed E-state index contributed by atoms with van der Waals surface area (Å²) in [7, 11) is 0. The third-order valence-electron chi connectivity index (χ3n) is 4.18. The monoisotopic (exact) mass is 220 g/mol. The van der Waals surface area contributed by atoms with Crippen LogP contribution in [0.1, 0.15) is 32.1 Å². The quantitative estimate of drug-likeness (QED) is 0.538. The van der Waals surface area contributed by atoms with E-state index in [2.05, 4.69) is 9.98 Å². The van der Waals surface area contributed by atoms with E-state index >= 15 is 0 Å². The number of fused-ring (bicyclic) bond motifs is 4. The molecule has 16 heavy (non-hydrogen) atoms. The second-order valence-corrected chi connectivity index (χ2v) is 4.89. The largest absolute Gasteiger partial charge is 0.235 e. The van der Waals surface area contributed by atoms with Gasteiger partial charge in [-0.25, -0.2) is 19.6 Å². The van der Waals surface area contributed by atoms with Crippen LogP contribution in [-0.4, -0.2) is 24.7 Å². The van der Waals surface area contributed by atoms with Gasteiger partial charge in [-0.1, -0.05) is 0 Å². The van der Waals surface area contributed by atoms with E-state index in [-0.39, 0.29) is 6.04 Å². The van der Waals surface area contributed by atoms with Crippen LogP contribution in [0.5, 0.6) is 0 Å². The van der Waals surface area contributed by atoms with Crippen molar-refractivity contribution < 1.29 is 9.59 Å². The predicted octanol–water partition coefficient (Wildman–Crippen LogP) is 1.85. The van der Waals surface area contributed by atoms with Gasteiger partial charge in [-0.3, -0.25) is 0 Å². The van der Waals surface area contributed by atoms with Gasteiger partial charge in [0.2, 0.25) is 12.2 Å². The first-order chi connectivity index (χ1) is 7.85. The van der Waals surface area contributed by atoms with Crippen LogP contribution >= 0.6 is 0 Å². The molecule has 0 saturated heterocycles. The van der Waals surface area contributed by atoms with Gasteiger partial charge in [-0.2, -0.15) is 0 Å². The molecular formula is C12H16N2O2. The average molecular weight is 220 g/mol. The van der Waals surface area contributed by atoms with Crippen molar-refractivity contribution in [2.45, 2.75) is 38.1 Å². The van der Waals surface area contributed by atoms with Gasteiger partial charge < -0.3 is 0 Å². The topological polar surface area (TPSA) is 58.9 Å². The standard InChI is InChI=1S/C12H16N2O2/c15-7-13-6-11-5-12(14-8-16)10-3-1-9(11)2-4-10/h9-12H,1-6H2. The lowest BCUT2D eigenvalue weighted by atomic mass is 9.80. The zero-order chi connectivity index (χ0) is 11.4. The van der Waals surface area contributed by atoms with Gasteiger partial charge in [-0.05, 0) is 49.9 Å². The van der Waals surface area contributed by atoms with E-state index < -0.39 is 0 Å². The highest BCUT2D eigenvalue weighted by atomic mass is 16.1. The molecule has 0 radical (unpaired) electrons. The number of rotatable bonds is 3.